The second kappa shape index (κ2) is 7.41. The molecule has 6 nitrogen and oxygen atoms in total. The highest BCUT2D eigenvalue weighted by Gasteiger charge is 2.48. The van der Waals surface area contributed by atoms with E-state index in [9.17, 15) is 4.79 Å². The van der Waals surface area contributed by atoms with Crippen LogP contribution in [0.3, 0.4) is 0 Å². The van der Waals surface area contributed by atoms with Crippen molar-refractivity contribution in [3.63, 3.8) is 0 Å². The molecule has 6 heteroatoms. The summed E-state index contributed by atoms with van der Waals surface area (Å²) in [6, 6.07) is 11.7. The summed E-state index contributed by atoms with van der Waals surface area (Å²) in [5.41, 5.74) is 0.948. The molecule has 0 bridgehead atoms. The Labute approximate surface area is 153 Å². The Morgan fingerprint density at radius 2 is 1.96 bits per heavy atom. The van der Waals surface area contributed by atoms with Crippen molar-refractivity contribution in [1.82, 2.24) is 14.9 Å². The van der Waals surface area contributed by atoms with Gasteiger partial charge in [0.25, 0.3) is 0 Å². The maximum absolute atomic E-state index is 12.4. The summed E-state index contributed by atoms with van der Waals surface area (Å²) in [4.78, 5) is 22.7. The smallest absolute Gasteiger partial charge is 0.227 e. The molecule has 2 saturated heterocycles. The molecule has 0 radical (unpaired) electrons. The topological polar surface area (TPSA) is 67.4 Å². The van der Waals surface area contributed by atoms with Crippen LogP contribution in [0.5, 0.6) is 0 Å². The third-order valence-electron chi connectivity index (χ3n) is 5.26. The number of benzene rings is 1. The van der Waals surface area contributed by atoms with Crippen LogP contribution in [-0.2, 0) is 16.0 Å². The van der Waals surface area contributed by atoms with Gasteiger partial charge in [0, 0.05) is 18.9 Å². The normalized spacial score (nSPS) is 21.2. The molecule has 0 saturated carbocycles. The zero-order chi connectivity index (χ0) is 17.8. The van der Waals surface area contributed by atoms with Gasteiger partial charge in [-0.25, -0.2) is 9.97 Å². The van der Waals surface area contributed by atoms with Crippen molar-refractivity contribution < 1.29 is 9.53 Å². The van der Waals surface area contributed by atoms with Crippen LogP contribution in [0.15, 0.2) is 48.8 Å². The fourth-order valence-electron chi connectivity index (χ4n) is 3.66. The number of ether oxygens (including phenoxy) is 1. The average molecular weight is 352 g/mol. The maximum Gasteiger partial charge on any atom is 0.227 e. The van der Waals surface area contributed by atoms with Crippen LogP contribution >= 0.6 is 0 Å². The maximum atomic E-state index is 12.4. The zero-order valence-corrected chi connectivity index (χ0v) is 14.8. The Morgan fingerprint density at radius 3 is 2.65 bits per heavy atom. The van der Waals surface area contributed by atoms with E-state index in [4.69, 9.17) is 4.74 Å². The van der Waals surface area contributed by atoms with Gasteiger partial charge >= 0.3 is 0 Å². The molecule has 1 atom stereocenters. The molecule has 1 amide bonds. The standard InChI is InChI=1S/C20H24N4O2/c25-18(11-16-5-2-1-3-6-16)24-14-20(15-24)8-7-17(13-26-20)12-23-19-21-9-4-10-22-19/h1-6,9-10,17H,7-8,11-15H2,(H,21,22,23)/t17-/m0/s1. The molecule has 2 aliphatic heterocycles. The Hall–Kier alpha value is -2.47. The molecule has 1 aromatic carbocycles. The van der Waals surface area contributed by atoms with Gasteiger partial charge in [-0.15, -0.1) is 0 Å². The van der Waals surface area contributed by atoms with Gasteiger partial charge in [-0.05, 0) is 30.4 Å². The van der Waals surface area contributed by atoms with Crippen molar-refractivity contribution in [2.45, 2.75) is 24.9 Å². The number of aromatic nitrogens is 2. The Balaban J connectivity index is 1.20. The minimum Gasteiger partial charge on any atom is -0.371 e. The number of amides is 1. The lowest BCUT2D eigenvalue weighted by Gasteiger charge is -2.52. The van der Waals surface area contributed by atoms with Crippen LogP contribution in [0.1, 0.15) is 18.4 Å². The molecule has 26 heavy (non-hydrogen) atoms. The lowest BCUT2D eigenvalue weighted by Crippen LogP contribution is -2.66. The monoisotopic (exact) mass is 352 g/mol. The van der Waals surface area contributed by atoms with E-state index in [0.717, 1.165) is 44.6 Å². The Kier molecular flexibility index (Phi) is 4.84. The van der Waals surface area contributed by atoms with Crippen molar-refractivity contribution in [1.29, 1.82) is 0 Å². The van der Waals surface area contributed by atoms with Crippen molar-refractivity contribution in [3.05, 3.63) is 54.4 Å². The highest BCUT2D eigenvalue weighted by molar-refractivity contribution is 5.79. The summed E-state index contributed by atoms with van der Waals surface area (Å²) >= 11 is 0. The predicted molar refractivity (Wildman–Crippen MR) is 98.7 cm³/mol. The molecule has 4 rings (SSSR count). The summed E-state index contributed by atoms with van der Waals surface area (Å²) in [5, 5.41) is 3.27. The molecule has 1 N–H and O–H groups in total. The van der Waals surface area contributed by atoms with Crippen LogP contribution in [0.4, 0.5) is 5.95 Å². The summed E-state index contributed by atoms with van der Waals surface area (Å²) in [6.07, 6.45) is 6.04. The van der Waals surface area contributed by atoms with Gasteiger partial charge in [0.2, 0.25) is 11.9 Å². The first-order valence-electron chi connectivity index (χ1n) is 9.19. The molecule has 0 aliphatic carbocycles. The van der Waals surface area contributed by atoms with Gasteiger partial charge in [0.1, 0.15) is 5.60 Å². The van der Waals surface area contributed by atoms with Crippen molar-refractivity contribution >= 4 is 11.9 Å². The molecular formula is C20H24N4O2. The van der Waals surface area contributed by atoms with Gasteiger partial charge in [-0.3, -0.25) is 4.79 Å². The molecule has 2 aliphatic rings. The van der Waals surface area contributed by atoms with E-state index in [0.29, 0.717) is 18.3 Å². The lowest BCUT2D eigenvalue weighted by atomic mass is 9.82. The quantitative estimate of drug-likeness (QED) is 0.893. The summed E-state index contributed by atoms with van der Waals surface area (Å²) < 4.78 is 6.16. The molecule has 3 heterocycles. The number of nitrogens with one attached hydrogen (secondary N) is 1. The SMILES string of the molecule is O=C(Cc1ccccc1)N1CC2(CC[C@@H](CNc3ncccn3)CO2)C1. The van der Waals surface area contributed by atoms with Crippen LogP contribution in [0.25, 0.3) is 0 Å². The third kappa shape index (κ3) is 3.85. The first-order chi connectivity index (χ1) is 12.7. The Bertz CT molecular complexity index is 722. The van der Waals surface area contributed by atoms with Crippen LogP contribution < -0.4 is 5.32 Å². The van der Waals surface area contributed by atoms with Gasteiger partial charge in [-0.1, -0.05) is 30.3 Å². The number of likely N-dealkylation sites (tertiary alicyclic amines) is 1. The molecule has 136 valence electrons. The molecular weight excluding hydrogens is 328 g/mol. The molecule has 0 unspecified atom stereocenters. The number of hydrogen-bond acceptors (Lipinski definition) is 5. The minimum absolute atomic E-state index is 0.119. The number of carbonyl (C=O) groups excluding carboxylic acids is 1. The van der Waals surface area contributed by atoms with E-state index in [2.05, 4.69) is 15.3 Å². The minimum atomic E-state index is -0.119. The average Bonchev–Trinajstić information content (AvgIpc) is 2.66. The van der Waals surface area contributed by atoms with Crippen LogP contribution in [0, 0.1) is 5.92 Å². The first kappa shape index (κ1) is 17.0. The predicted octanol–water partition coefficient (Wildman–Crippen LogP) is 2.14. The second-order valence-corrected chi connectivity index (χ2v) is 7.26. The fourth-order valence-corrected chi connectivity index (χ4v) is 3.66. The molecule has 2 fully saturated rings. The lowest BCUT2D eigenvalue weighted by molar-refractivity contribution is -0.187. The number of hydrogen-bond donors (Lipinski definition) is 1. The second-order valence-electron chi connectivity index (χ2n) is 7.26. The molecule has 1 spiro atoms. The number of nitrogens with zero attached hydrogens (tertiary/aromatic N) is 3. The Morgan fingerprint density at radius 1 is 1.19 bits per heavy atom. The molecule has 2 aromatic rings. The third-order valence-corrected chi connectivity index (χ3v) is 5.26. The van der Waals surface area contributed by atoms with E-state index in [1.807, 2.05) is 35.2 Å². The van der Waals surface area contributed by atoms with Crippen molar-refractivity contribution in [2.24, 2.45) is 5.92 Å². The fraction of sp³-hybridized carbons (Fsp3) is 0.450. The van der Waals surface area contributed by atoms with Gasteiger partial charge in [0.15, 0.2) is 0 Å². The zero-order valence-electron chi connectivity index (χ0n) is 14.8. The van der Waals surface area contributed by atoms with Crippen LogP contribution in [0.2, 0.25) is 0 Å². The van der Waals surface area contributed by atoms with Crippen LogP contribution in [-0.4, -0.2) is 52.6 Å². The van der Waals surface area contributed by atoms with Gasteiger partial charge < -0.3 is 15.0 Å². The number of carbonyl (C=O) groups is 1. The number of rotatable bonds is 5. The summed E-state index contributed by atoms with van der Waals surface area (Å²) in [7, 11) is 0. The van der Waals surface area contributed by atoms with E-state index in [-0.39, 0.29) is 11.5 Å². The van der Waals surface area contributed by atoms with Gasteiger partial charge in [0.05, 0.1) is 26.1 Å². The largest absolute Gasteiger partial charge is 0.371 e. The van der Waals surface area contributed by atoms with E-state index in [1.54, 1.807) is 18.5 Å². The van der Waals surface area contributed by atoms with E-state index >= 15 is 0 Å². The highest BCUT2D eigenvalue weighted by atomic mass is 16.5. The summed E-state index contributed by atoms with van der Waals surface area (Å²) in [5.74, 6) is 1.31. The highest BCUT2D eigenvalue weighted by Crippen LogP contribution is 2.36. The van der Waals surface area contributed by atoms with Crippen molar-refractivity contribution in [3.8, 4) is 0 Å². The van der Waals surface area contributed by atoms with E-state index in [1.165, 1.54) is 0 Å². The molecule has 1 aromatic heterocycles. The van der Waals surface area contributed by atoms with Gasteiger partial charge in [-0.2, -0.15) is 0 Å². The number of anilines is 1. The van der Waals surface area contributed by atoms with Crippen molar-refractivity contribution in [2.75, 3.05) is 31.6 Å². The first-order valence-corrected chi connectivity index (χ1v) is 9.19. The summed E-state index contributed by atoms with van der Waals surface area (Å²) in [6.45, 7) is 2.98. The van der Waals surface area contributed by atoms with E-state index < -0.39 is 0 Å².